The molecule has 0 bridgehead atoms. The highest BCUT2D eigenvalue weighted by Gasteiger charge is 1.89. The van der Waals surface area contributed by atoms with Crippen molar-refractivity contribution in [1.29, 1.82) is 0 Å². The molecule has 3 aromatic rings. The number of fused-ring (bicyclic) bond motifs is 1. The molecule has 4 heteroatoms. The quantitative estimate of drug-likeness (QED) is 0.543. The molecule has 0 spiro atoms. The summed E-state index contributed by atoms with van der Waals surface area (Å²) in [5, 5.41) is 7.57. The number of rotatable bonds is 0. The van der Waals surface area contributed by atoms with Gasteiger partial charge in [-0.15, -0.1) is 5.10 Å². The van der Waals surface area contributed by atoms with E-state index in [1.807, 2.05) is 30.3 Å². The van der Waals surface area contributed by atoms with Gasteiger partial charge in [-0.2, -0.15) is 0 Å². The van der Waals surface area contributed by atoms with E-state index in [9.17, 15) is 0 Å². The zero-order valence-corrected chi connectivity index (χ0v) is 7.33. The van der Waals surface area contributed by atoms with Crippen LogP contribution in [-0.2, 0) is 0 Å². The van der Waals surface area contributed by atoms with Crippen molar-refractivity contribution in [3.63, 3.8) is 0 Å². The number of nitrogens with zero attached hydrogens (tertiary/aromatic N) is 2. The summed E-state index contributed by atoms with van der Waals surface area (Å²) in [6.45, 7) is 0. The Morgan fingerprint density at radius 3 is 2.57 bits per heavy atom. The first-order valence-corrected chi connectivity index (χ1v) is 4.10. The van der Waals surface area contributed by atoms with Crippen molar-refractivity contribution in [2.45, 2.75) is 0 Å². The summed E-state index contributed by atoms with van der Waals surface area (Å²) in [6, 6.07) is 9.90. The molecular formula is C10H8N2O2. The van der Waals surface area contributed by atoms with E-state index in [-0.39, 0.29) is 0 Å². The van der Waals surface area contributed by atoms with Crippen LogP contribution in [0.25, 0.3) is 11.0 Å². The van der Waals surface area contributed by atoms with E-state index < -0.39 is 0 Å². The number of hydrogen-bond acceptors (Lipinski definition) is 4. The average Bonchev–Trinajstić information content (AvgIpc) is 2.92. The van der Waals surface area contributed by atoms with Crippen LogP contribution in [-0.4, -0.2) is 10.4 Å². The van der Waals surface area contributed by atoms with E-state index >= 15 is 0 Å². The van der Waals surface area contributed by atoms with Crippen LogP contribution in [0.15, 0.2) is 58.0 Å². The van der Waals surface area contributed by atoms with Gasteiger partial charge in [0.1, 0.15) is 11.8 Å². The normalized spacial score (nSPS) is 9.43. The Hall–Kier alpha value is -2.10. The Labute approximate surface area is 80.1 Å². The number of hydrogen-bond donors (Lipinski definition) is 0. The largest absolute Gasteiger partial charge is 0.464 e. The third-order valence-electron chi connectivity index (χ3n) is 1.64. The van der Waals surface area contributed by atoms with Gasteiger partial charge in [0.2, 0.25) is 0 Å². The molecule has 2 aromatic heterocycles. The molecule has 1 aromatic carbocycles. The molecule has 0 saturated carbocycles. The molecule has 0 radical (unpaired) electrons. The van der Waals surface area contributed by atoms with Crippen LogP contribution in [0.2, 0.25) is 0 Å². The molecule has 0 unspecified atom stereocenters. The fraction of sp³-hybridized carbons (Fsp3) is 0. The lowest BCUT2D eigenvalue weighted by molar-refractivity contribution is 0.393. The van der Waals surface area contributed by atoms with Crippen LogP contribution < -0.4 is 0 Å². The molecule has 0 fully saturated rings. The Balaban J connectivity index is 0.000000128. The maximum Gasteiger partial charge on any atom is 0.144 e. The monoisotopic (exact) mass is 188 g/mol. The molecule has 0 aliphatic rings. The Morgan fingerprint density at radius 1 is 1.00 bits per heavy atom. The summed E-state index contributed by atoms with van der Waals surface area (Å²) in [5.74, 6) is 0. The van der Waals surface area contributed by atoms with Crippen molar-refractivity contribution in [2.75, 3.05) is 0 Å². The molecule has 70 valence electrons. The Bertz CT molecular complexity index is 426. The Morgan fingerprint density at radius 2 is 1.93 bits per heavy atom. The van der Waals surface area contributed by atoms with Gasteiger partial charge >= 0.3 is 0 Å². The van der Waals surface area contributed by atoms with E-state index in [0.29, 0.717) is 0 Å². The number of aromatic nitrogens is 2. The molecule has 0 atom stereocenters. The highest BCUT2D eigenvalue weighted by Crippen LogP contribution is 2.12. The van der Waals surface area contributed by atoms with Gasteiger partial charge in [-0.3, -0.25) is 0 Å². The molecule has 3 rings (SSSR count). The van der Waals surface area contributed by atoms with Crippen molar-refractivity contribution in [1.82, 2.24) is 10.4 Å². The number of benzene rings is 1. The number of para-hydroxylation sites is 1. The summed E-state index contributed by atoms with van der Waals surface area (Å²) >= 11 is 0. The van der Waals surface area contributed by atoms with Gasteiger partial charge in [0.25, 0.3) is 0 Å². The minimum atomic E-state index is 0.956. The topological polar surface area (TPSA) is 52.1 Å². The first-order chi connectivity index (χ1) is 6.97. The van der Waals surface area contributed by atoms with Crippen molar-refractivity contribution in [2.24, 2.45) is 0 Å². The zero-order chi connectivity index (χ0) is 9.64. The predicted molar refractivity (Wildman–Crippen MR) is 50.5 cm³/mol. The fourth-order valence-corrected chi connectivity index (χ4v) is 1.04. The van der Waals surface area contributed by atoms with Crippen LogP contribution >= 0.6 is 0 Å². The predicted octanol–water partition coefficient (Wildman–Crippen LogP) is 2.50. The standard InChI is InChI=1S/C8H6O.C2H2N2O/c1-2-4-8-7(3-1)5-6-9-8;1-2-5-4-3-1/h1-6H;1-2H. The summed E-state index contributed by atoms with van der Waals surface area (Å²) in [7, 11) is 0. The van der Waals surface area contributed by atoms with E-state index in [1.165, 1.54) is 12.5 Å². The molecule has 0 aliphatic carbocycles. The second-order valence-corrected chi connectivity index (χ2v) is 2.55. The number of furan rings is 1. The summed E-state index contributed by atoms with van der Waals surface area (Å²) in [4.78, 5) is 0. The maximum absolute atomic E-state index is 5.12. The minimum Gasteiger partial charge on any atom is -0.464 e. The minimum absolute atomic E-state index is 0.956. The van der Waals surface area contributed by atoms with Crippen LogP contribution in [0.4, 0.5) is 0 Å². The highest BCUT2D eigenvalue weighted by molar-refractivity contribution is 5.76. The lowest BCUT2D eigenvalue weighted by atomic mass is 10.3. The molecule has 0 amide bonds. The molecule has 0 N–H and O–H groups in total. The van der Waals surface area contributed by atoms with Crippen LogP contribution in [0.1, 0.15) is 0 Å². The van der Waals surface area contributed by atoms with Crippen LogP contribution in [0.3, 0.4) is 0 Å². The SMILES string of the molecule is c1ccc2occc2c1.c1conn1. The van der Waals surface area contributed by atoms with Crippen LogP contribution in [0.5, 0.6) is 0 Å². The van der Waals surface area contributed by atoms with Gasteiger partial charge in [0, 0.05) is 10.7 Å². The van der Waals surface area contributed by atoms with Gasteiger partial charge < -0.3 is 8.94 Å². The first kappa shape index (κ1) is 8.50. The van der Waals surface area contributed by atoms with Gasteiger partial charge in [-0.25, -0.2) is 0 Å². The maximum atomic E-state index is 5.12. The first-order valence-electron chi connectivity index (χ1n) is 4.10. The van der Waals surface area contributed by atoms with Gasteiger partial charge in [0.05, 0.1) is 12.5 Å². The lowest BCUT2D eigenvalue weighted by Gasteiger charge is -1.81. The van der Waals surface area contributed by atoms with Gasteiger partial charge in [-0.1, -0.05) is 18.2 Å². The zero-order valence-electron chi connectivity index (χ0n) is 7.33. The molecular weight excluding hydrogens is 180 g/mol. The second-order valence-electron chi connectivity index (χ2n) is 2.55. The fourth-order valence-electron chi connectivity index (χ4n) is 1.04. The van der Waals surface area contributed by atoms with E-state index in [1.54, 1.807) is 6.26 Å². The molecule has 2 heterocycles. The lowest BCUT2D eigenvalue weighted by Crippen LogP contribution is -1.57. The molecule has 0 saturated heterocycles. The van der Waals surface area contributed by atoms with Crippen molar-refractivity contribution in [3.05, 3.63) is 49.1 Å². The summed E-state index contributed by atoms with van der Waals surface area (Å²) in [5.41, 5.74) is 0.956. The van der Waals surface area contributed by atoms with Crippen LogP contribution in [0, 0.1) is 0 Å². The van der Waals surface area contributed by atoms with E-state index in [2.05, 4.69) is 14.9 Å². The molecule has 0 aliphatic heterocycles. The second kappa shape index (κ2) is 4.23. The van der Waals surface area contributed by atoms with Gasteiger partial charge in [-0.05, 0) is 12.1 Å². The third kappa shape index (κ3) is 1.98. The van der Waals surface area contributed by atoms with Crippen molar-refractivity contribution in [3.8, 4) is 0 Å². The average molecular weight is 188 g/mol. The van der Waals surface area contributed by atoms with Crippen molar-refractivity contribution < 1.29 is 8.94 Å². The Kier molecular flexibility index (Phi) is 2.56. The molecule has 14 heavy (non-hydrogen) atoms. The van der Waals surface area contributed by atoms with Crippen molar-refractivity contribution >= 4 is 11.0 Å². The summed E-state index contributed by atoms with van der Waals surface area (Å²) in [6.07, 6.45) is 4.57. The summed E-state index contributed by atoms with van der Waals surface area (Å²) < 4.78 is 9.34. The molecule has 4 nitrogen and oxygen atoms in total. The van der Waals surface area contributed by atoms with Gasteiger partial charge in [0.15, 0.2) is 0 Å². The van der Waals surface area contributed by atoms with E-state index in [4.69, 9.17) is 4.42 Å². The van der Waals surface area contributed by atoms with E-state index in [0.717, 1.165) is 11.0 Å². The smallest absolute Gasteiger partial charge is 0.144 e. The third-order valence-corrected chi connectivity index (χ3v) is 1.64. The highest BCUT2D eigenvalue weighted by atomic mass is 16.5.